The minimum Gasteiger partial charge on any atom is -0.439 e. The Morgan fingerprint density at radius 2 is 1.54 bits per heavy atom. The Morgan fingerprint density at radius 3 is 2.19 bits per heavy atom. The summed E-state index contributed by atoms with van der Waals surface area (Å²) < 4.78 is 83.6. The lowest BCUT2D eigenvalue weighted by molar-refractivity contribution is -0.138. The van der Waals surface area contributed by atoms with Crippen LogP contribution in [0.25, 0.3) is 10.9 Å². The molecule has 136 valence electrons. The second-order valence-electron chi connectivity index (χ2n) is 5.60. The number of alkyl halides is 6. The fourth-order valence-electron chi connectivity index (χ4n) is 2.51. The number of aryl methyl sites for hydroxylation is 1. The van der Waals surface area contributed by atoms with Crippen molar-refractivity contribution >= 4 is 10.9 Å². The van der Waals surface area contributed by atoms with Gasteiger partial charge in [0.1, 0.15) is 5.75 Å². The van der Waals surface area contributed by atoms with Gasteiger partial charge in [-0.05, 0) is 30.7 Å². The van der Waals surface area contributed by atoms with E-state index in [-0.39, 0.29) is 16.7 Å². The summed E-state index contributed by atoms with van der Waals surface area (Å²) in [5.41, 5.74) is -1.37. The Hall–Kier alpha value is -2.77. The van der Waals surface area contributed by atoms with Gasteiger partial charge >= 0.3 is 12.4 Å². The van der Waals surface area contributed by atoms with E-state index in [1.165, 1.54) is 18.2 Å². The number of pyridine rings is 1. The molecule has 0 atom stereocenters. The molecule has 0 spiro atoms. The topological polar surface area (TPSA) is 22.1 Å². The molecule has 2 nitrogen and oxygen atoms in total. The van der Waals surface area contributed by atoms with E-state index >= 15 is 0 Å². The molecule has 0 saturated carbocycles. The minimum atomic E-state index is -4.67. The van der Waals surface area contributed by atoms with Gasteiger partial charge in [0.15, 0.2) is 0 Å². The van der Waals surface area contributed by atoms with E-state index in [9.17, 15) is 26.3 Å². The van der Waals surface area contributed by atoms with Crippen LogP contribution in [0.1, 0.15) is 16.7 Å². The van der Waals surface area contributed by atoms with Crippen LogP contribution in [0.3, 0.4) is 0 Å². The lowest BCUT2D eigenvalue weighted by Crippen LogP contribution is -2.08. The number of ether oxygens (including phenoxy) is 1. The van der Waals surface area contributed by atoms with Gasteiger partial charge in [0.25, 0.3) is 0 Å². The SMILES string of the molecule is Cc1cccc2c(C(F)(F)F)cc(Oc3cccc(C(F)(F)F)c3)nc12. The number of rotatable bonds is 2. The number of halogens is 6. The molecule has 0 aliphatic heterocycles. The number of benzene rings is 2. The summed E-state index contributed by atoms with van der Waals surface area (Å²) in [6, 6.07) is 8.89. The molecule has 0 radical (unpaired) electrons. The predicted octanol–water partition coefficient (Wildman–Crippen LogP) is 6.37. The predicted molar refractivity (Wildman–Crippen MR) is 83.0 cm³/mol. The van der Waals surface area contributed by atoms with Crippen molar-refractivity contribution in [3.63, 3.8) is 0 Å². The number of hydrogen-bond donors (Lipinski definition) is 0. The largest absolute Gasteiger partial charge is 0.439 e. The van der Waals surface area contributed by atoms with Crippen molar-refractivity contribution in [1.29, 1.82) is 0 Å². The van der Waals surface area contributed by atoms with Crippen molar-refractivity contribution in [1.82, 2.24) is 4.98 Å². The first kappa shape index (κ1) is 18.0. The van der Waals surface area contributed by atoms with Crippen molar-refractivity contribution in [2.45, 2.75) is 19.3 Å². The molecule has 0 amide bonds. The van der Waals surface area contributed by atoms with Crippen LogP contribution in [0.5, 0.6) is 11.6 Å². The van der Waals surface area contributed by atoms with Crippen LogP contribution in [-0.2, 0) is 12.4 Å². The molecular formula is C18H11F6NO. The van der Waals surface area contributed by atoms with Gasteiger partial charge in [-0.2, -0.15) is 26.3 Å². The first-order chi connectivity index (χ1) is 12.1. The average Bonchev–Trinajstić information content (AvgIpc) is 2.54. The molecular weight excluding hydrogens is 360 g/mol. The van der Waals surface area contributed by atoms with Gasteiger partial charge in [0.2, 0.25) is 5.88 Å². The molecule has 2 aromatic carbocycles. The summed E-state index contributed by atoms with van der Waals surface area (Å²) in [5.74, 6) is -0.688. The summed E-state index contributed by atoms with van der Waals surface area (Å²) in [4.78, 5) is 4.03. The maximum Gasteiger partial charge on any atom is 0.417 e. The van der Waals surface area contributed by atoms with Crippen LogP contribution in [0, 0.1) is 6.92 Å². The fourth-order valence-corrected chi connectivity index (χ4v) is 2.51. The molecule has 0 aliphatic carbocycles. The zero-order valence-corrected chi connectivity index (χ0v) is 13.2. The summed E-state index contributed by atoms with van der Waals surface area (Å²) in [6.07, 6.45) is -9.26. The molecule has 0 aliphatic rings. The maximum atomic E-state index is 13.4. The summed E-state index contributed by atoms with van der Waals surface area (Å²) >= 11 is 0. The smallest absolute Gasteiger partial charge is 0.417 e. The fraction of sp³-hybridized carbons (Fsp3) is 0.167. The van der Waals surface area contributed by atoms with E-state index in [1.807, 2.05) is 0 Å². The number of hydrogen-bond acceptors (Lipinski definition) is 2. The van der Waals surface area contributed by atoms with E-state index in [2.05, 4.69) is 4.98 Å². The van der Waals surface area contributed by atoms with Crippen molar-refractivity contribution in [2.75, 3.05) is 0 Å². The van der Waals surface area contributed by atoms with Gasteiger partial charge in [0, 0.05) is 11.5 Å². The quantitative estimate of drug-likeness (QED) is 0.488. The second kappa shape index (κ2) is 6.19. The van der Waals surface area contributed by atoms with E-state index < -0.39 is 29.4 Å². The maximum absolute atomic E-state index is 13.4. The van der Waals surface area contributed by atoms with E-state index in [0.29, 0.717) is 17.7 Å². The van der Waals surface area contributed by atoms with Crippen molar-refractivity contribution in [3.8, 4) is 11.6 Å². The monoisotopic (exact) mass is 371 g/mol. The van der Waals surface area contributed by atoms with Crippen LogP contribution in [0.15, 0.2) is 48.5 Å². The number of aromatic nitrogens is 1. The van der Waals surface area contributed by atoms with Gasteiger partial charge in [0.05, 0.1) is 16.6 Å². The van der Waals surface area contributed by atoms with Crippen molar-refractivity contribution in [3.05, 3.63) is 65.2 Å². The van der Waals surface area contributed by atoms with Gasteiger partial charge in [-0.1, -0.05) is 24.3 Å². The third kappa shape index (κ3) is 3.58. The van der Waals surface area contributed by atoms with Crippen LogP contribution < -0.4 is 4.74 Å². The van der Waals surface area contributed by atoms with Crippen molar-refractivity contribution < 1.29 is 31.1 Å². The van der Waals surface area contributed by atoms with Crippen LogP contribution in [0.2, 0.25) is 0 Å². The Kier molecular flexibility index (Phi) is 4.29. The number of para-hydroxylation sites is 1. The Balaban J connectivity index is 2.11. The summed E-state index contributed by atoms with van der Waals surface area (Å²) in [7, 11) is 0. The average molecular weight is 371 g/mol. The second-order valence-corrected chi connectivity index (χ2v) is 5.60. The molecule has 3 aromatic rings. The molecule has 3 rings (SSSR count). The highest BCUT2D eigenvalue weighted by molar-refractivity contribution is 5.86. The van der Waals surface area contributed by atoms with E-state index in [0.717, 1.165) is 12.1 Å². The molecule has 26 heavy (non-hydrogen) atoms. The molecule has 1 heterocycles. The number of nitrogens with zero attached hydrogens (tertiary/aromatic N) is 1. The Morgan fingerprint density at radius 1 is 0.846 bits per heavy atom. The highest BCUT2D eigenvalue weighted by Gasteiger charge is 2.34. The molecule has 0 saturated heterocycles. The Bertz CT molecular complexity index is 962. The first-order valence-electron chi connectivity index (χ1n) is 7.38. The highest BCUT2D eigenvalue weighted by atomic mass is 19.4. The van der Waals surface area contributed by atoms with Crippen LogP contribution >= 0.6 is 0 Å². The summed E-state index contributed by atoms with van der Waals surface area (Å²) in [6.45, 7) is 1.59. The Labute approximate surface area is 144 Å². The molecule has 8 heteroatoms. The summed E-state index contributed by atoms with van der Waals surface area (Å²) in [5, 5.41) is -0.103. The third-order valence-electron chi connectivity index (χ3n) is 3.71. The highest BCUT2D eigenvalue weighted by Crippen LogP contribution is 2.38. The van der Waals surface area contributed by atoms with Crippen molar-refractivity contribution in [2.24, 2.45) is 0 Å². The first-order valence-corrected chi connectivity index (χ1v) is 7.38. The molecule has 1 aromatic heterocycles. The van der Waals surface area contributed by atoms with Gasteiger partial charge in [-0.3, -0.25) is 0 Å². The number of fused-ring (bicyclic) bond motifs is 1. The normalized spacial score (nSPS) is 12.4. The van der Waals surface area contributed by atoms with Gasteiger partial charge in [-0.15, -0.1) is 0 Å². The third-order valence-corrected chi connectivity index (χ3v) is 3.71. The van der Waals surface area contributed by atoms with Crippen LogP contribution in [0.4, 0.5) is 26.3 Å². The zero-order valence-electron chi connectivity index (χ0n) is 13.2. The van der Waals surface area contributed by atoms with Gasteiger partial charge in [-0.25, -0.2) is 4.98 Å². The molecule has 0 bridgehead atoms. The lowest BCUT2D eigenvalue weighted by atomic mass is 10.1. The van der Waals surface area contributed by atoms with E-state index in [1.54, 1.807) is 13.0 Å². The van der Waals surface area contributed by atoms with Gasteiger partial charge < -0.3 is 4.74 Å². The minimum absolute atomic E-state index is 0.0734. The molecule has 0 unspecified atom stereocenters. The van der Waals surface area contributed by atoms with Crippen LogP contribution in [-0.4, -0.2) is 4.98 Å². The standard InChI is InChI=1S/C18H11F6NO/c1-10-4-2-7-13-14(18(22,23)24)9-15(25-16(10)13)26-12-6-3-5-11(8-12)17(19,20)21/h2-9H,1H3. The zero-order chi connectivity index (χ0) is 19.1. The molecule has 0 N–H and O–H groups in total. The van der Waals surface area contributed by atoms with E-state index in [4.69, 9.17) is 4.74 Å². The molecule has 0 fully saturated rings. The lowest BCUT2D eigenvalue weighted by Gasteiger charge is -2.14.